The van der Waals surface area contributed by atoms with Gasteiger partial charge < -0.3 is 10.2 Å². The maximum atomic E-state index is 12.7. The van der Waals surface area contributed by atoms with Crippen LogP contribution < -0.4 is 10.6 Å². The van der Waals surface area contributed by atoms with Gasteiger partial charge in [0.05, 0.1) is 0 Å². The second kappa shape index (κ2) is 8.93. The van der Waals surface area contributed by atoms with Gasteiger partial charge in [-0.3, -0.25) is 24.5 Å². The summed E-state index contributed by atoms with van der Waals surface area (Å²) in [5.74, 6) is -0.108. The number of carbonyl (C=O) groups is 4. The topological polar surface area (TPSA) is 95.6 Å². The van der Waals surface area contributed by atoms with E-state index in [0.29, 0.717) is 30.6 Å². The average Bonchev–Trinajstić information content (AvgIpc) is 3.08. The molecule has 0 radical (unpaired) electrons. The van der Waals surface area contributed by atoms with Crippen molar-refractivity contribution in [2.75, 3.05) is 5.75 Å². The van der Waals surface area contributed by atoms with Gasteiger partial charge in [-0.1, -0.05) is 19.1 Å². The van der Waals surface area contributed by atoms with Crippen molar-refractivity contribution in [3.05, 3.63) is 64.7 Å². The van der Waals surface area contributed by atoms with E-state index in [0.717, 1.165) is 21.8 Å². The number of carbonyl (C=O) groups excluding carboxylic acids is 4. The van der Waals surface area contributed by atoms with Gasteiger partial charge in [-0.05, 0) is 53.6 Å². The molecule has 2 aromatic carbocycles. The summed E-state index contributed by atoms with van der Waals surface area (Å²) in [7, 11) is 0. The van der Waals surface area contributed by atoms with E-state index in [-0.39, 0.29) is 24.1 Å². The van der Waals surface area contributed by atoms with Crippen molar-refractivity contribution >= 4 is 35.4 Å². The molecule has 2 heterocycles. The average molecular weight is 438 g/mol. The molecule has 0 aliphatic carbocycles. The number of thioether (sulfide) groups is 1. The molecule has 1 unspecified atom stereocenters. The normalized spacial score (nSPS) is 18.0. The van der Waals surface area contributed by atoms with Gasteiger partial charge in [0.2, 0.25) is 11.8 Å². The predicted molar refractivity (Wildman–Crippen MR) is 116 cm³/mol. The fourth-order valence-electron chi connectivity index (χ4n) is 3.89. The fourth-order valence-corrected chi connectivity index (χ4v) is 4.55. The summed E-state index contributed by atoms with van der Waals surface area (Å²) in [5.41, 5.74) is 2.86. The first kappa shape index (κ1) is 21.1. The van der Waals surface area contributed by atoms with Gasteiger partial charge in [0.1, 0.15) is 6.04 Å². The molecule has 160 valence electrons. The van der Waals surface area contributed by atoms with E-state index in [9.17, 15) is 19.2 Å². The summed E-state index contributed by atoms with van der Waals surface area (Å²) in [4.78, 5) is 51.4. The van der Waals surface area contributed by atoms with Crippen LogP contribution in [0.4, 0.5) is 0 Å². The Labute approximate surface area is 184 Å². The number of hydrogen-bond donors (Lipinski definition) is 2. The number of piperidine rings is 1. The highest BCUT2D eigenvalue weighted by Crippen LogP contribution is 2.28. The van der Waals surface area contributed by atoms with E-state index < -0.39 is 11.9 Å². The van der Waals surface area contributed by atoms with Crippen LogP contribution in [0.2, 0.25) is 0 Å². The maximum Gasteiger partial charge on any atom is 0.255 e. The largest absolute Gasteiger partial charge is 0.348 e. The van der Waals surface area contributed by atoms with Crippen LogP contribution >= 0.6 is 11.8 Å². The molecule has 4 rings (SSSR count). The highest BCUT2D eigenvalue weighted by Gasteiger charge is 2.39. The minimum absolute atomic E-state index is 0.158. The lowest BCUT2D eigenvalue weighted by molar-refractivity contribution is -0.136. The first-order valence-electron chi connectivity index (χ1n) is 10.2. The first-order chi connectivity index (χ1) is 15.0. The zero-order chi connectivity index (χ0) is 22.0. The Kier molecular flexibility index (Phi) is 6.08. The van der Waals surface area contributed by atoms with Crippen LogP contribution in [0.5, 0.6) is 0 Å². The van der Waals surface area contributed by atoms with E-state index in [1.165, 1.54) is 4.90 Å². The van der Waals surface area contributed by atoms with Gasteiger partial charge in [0.15, 0.2) is 0 Å². The maximum absolute atomic E-state index is 12.7. The Hall–Kier alpha value is -3.13. The SMILES string of the molecule is CCSc1ccc(C(=O)NCc2ccc3c(c2)CN(C2CCC(=O)NC2=O)C3=O)cc1. The quantitative estimate of drug-likeness (QED) is 0.535. The number of fused-ring (bicyclic) bond motifs is 1. The van der Waals surface area contributed by atoms with Crippen molar-refractivity contribution in [2.45, 2.75) is 43.8 Å². The molecule has 0 saturated carbocycles. The molecular formula is C23H23N3O4S. The van der Waals surface area contributed by atoms with Crippen molar-refractivity contribution in [1.82, 2.24) is 15.5 Å². The molecule has 4 amide bonds. The number of rotatable bonds is 6. The van der Waals surface area contributed by atoms with Crippen LogP contribution in [0.1, 0.15) is 51.6 Å². The molecule has 1 saturated heterocycles. The lowest BCUT2D eigenvalue weighted by Crippen LogP contribution is -2.52. The number of nitrogens with zero attached hydrogens (tertiary/aromatic N) is 1. The van der Waals surface area contributed by atoms with Crippen LogP contribution in [0.15, 0.2) is 47.4 Å². The zero-order valence-corrected chi connectivity index (χ0v) is 18.0. The molecule has 2 aromatic rings. The Bertz CT molecular complexity index is 1050. The standard InChI is InChI=1S/C23H23N3O4S/c1-2-31-17-6-4-15(5-7-17)21(28)24-12-14-3-8-18-16(11-14)13-26(23(18)30)19-9-10-20(27)25-22(19)29/h3-8,11,19H,2,9-10,12-13H2,1H3,(H,24,28)(H,25,27,29). The second-order valence-corrected chi connectivity index (χ2v) is 8.87. The van der Waals surface area contributed by atoms with Crippen molar-refractivity contribution in [2.24, 2.45) is 0 Å². The summed E-state index contributed by atoms with van der Waals surface area (Å²) >= 11 is 1.72. The molecular weight excluding hydrogens is 414 g/mol. The van der Waals surface area contributed by atoms with E-state index >= 15 is 0 Å². The Morgan fingerprint density at radius 1 is 1.16 bits per heavy atom. The zero-order valence-electron chi connectivity index (χ0n) is 17.1. The van der Waals surface area contributed by atoms with Crippen LogP contribution in [0, 0.1) is 0 Å². The van der Waals surface area contributed by atoms with E-state index in [1.54, 1.807) is 17.8 Å². The third-order valence-electron chi connectivity index (χ3n) is 5.47. The fraction of sp³-hybridized carbons (Fsp3) is 0.304. The summed E-state index contributed by atoms with van der Waals surface area (Å²) in [5, 5.41) is 5.21. The minimum atomic E-state index is -0.630. The Balaban J connectivity index is 1.39. The highest BCUT2D eigenvalue weighted by atomic mass is 32.2. The molecule has 8 heteroatoms. The molecule has 31 heavy (non-hydrogen) atoms. The summed E-state index contributed by atoms with van der Waals surface area (Å²) < 4.78 is 0. The number of nitrogens with one attached hydrogen (secondary N) is 2. The van der Waals surface area contributed by atoms with Gasteiger partial charge in [-0.2, -0.15) is 0 Å². The monoisotopic (exact) mass is 437 g/mol. The second-order valence-electron chi connectivity index (χ2n) is 7.53. The first-order valence-corrected chi connectivity index (χ1v) is 11.2. The van der Waals surface area contributed by atoms with Crippen molar-refractivity contribution in [1.29, 1.82) is 0 Å². The van der Waals surface area contributed by atoms with Crippen molar-refractivity contribution < 1.29 is 19.2 Å². The Morgan fingerprint density at radius 3 is 2.65 bits per heavy atom. The van der Waals surface area contributed by atoms with Crippen molar-refractivity contribution in [3.63, 3.8) is 0 Å². The minimum Gasteiger partial charge on any atom is -0.348 e. The number of hydrogen-bond acceptors (Lipinski definition) is 5. The smallest absolute Gasteiger partial charge is 0.255 e. The van der Waals surface area contributed by atoms with Crippen molar-refractivity contribution in [3.8, 4) is 0 Å². The highest BCUT2D eigenvalue weighted by molar-refractivity contribution is 7.99. The van der Waals surface area contributed by atoms with Crippen LogP contribution in [-0.2, 0) is 22.7 Å². The van der Waals surface area contributed by atoms with Crippen LogP contribution in [0.25, 0.3) is 0 Å². The molecule has 0 aromatic heterocycles. The third kappa shape index (κ3) is 4.49. The summed E-state index contributed by atoms with van der Waals surface area (Å²) in [6, 6.07) is 12.3. The lowest BCUT2D eigenvalue weighted by atomic mass is 10.0. The number of benzene rings is 2. The number of imide groups is 1. The van der Waals surface area contributed by atoms with E-state index in [4.69, 9.17) is 0 Å². The molecule has 2 aliphatic rings. The van der Waals surface area contributed by atoms with Crippen LogP contribution in [0.3, 0.4) is 0 Å². The van der Waals surface area contributed by atoms with E-state index in [1.807, 2.05) is 36.4 Å². The third-order valence-corrected chi connectivity index (χ3v) is 6.36. The molecule has 2 N–H and O–H groups in total. The predicted octanol–water partition coefficient (Wildman–Crippen LogP) is 2.49. The molecule has 0 spiro atoms. The molecule has 1 atom stereocenters. The molecule has 7 nitrogen and oxygen atoms in total. The molecule has 1 fully saturated rings. The molecule has 0 bridgehead atoms. The lowest BCUT2D eigenvalue weighted by Gasteiger charge is -2.29. The van der Waals surface area contributed by atoms with Gasteiger partial charge >= 0.3 is 0 Å². The van der Waals surface area contributed by atoms with Gasteiger partial charge in [-0.25, -0.2) is 0 Å². The number of amides is 4. The molecule has 2 aliphatic heterocycles. The summed E-state index contributed by atoms with van der Waals surface area (Å²) in [6.45, 7) is 2.74. The summed E-state index contributed by atoms with van der Waals surface area (Å²) in [6.07, 6.45) is 0.564. The van der Waals surface area contributed by atoms with Crippen LogP contribution in [-0.4, -0.2) is 40.3 Å². The van der Waals surface area contributed by atoms with Gasteiger partial charge in [-0.15, -0.1) is 11.8 Å². The van der Waals surface area contributed by atoms with Gasteiger partial charge in [0, 0.05) is 35.5 Å². The van der Waals surface area contributed by atoms with Gasteiger partial charge in [0.25, 0.3) is 11.8 Å². The Morgan fingerprint density at radius 2 is 1.94 bits per heavy atom. The van der Waals surface area contributed by atoms with E-state index in [2.05, 4.69) is 17.6 Å².